The van der Waals surface area contributed by atoms with Gasteiger partial charge in [-0.15, -0.1) is 0 Å². The summed E-state index contributed by atoms with van der Waals surface area (Å²) in [6, 6.07) is 6.54. The van der Waals surface area contributed by atoms with Crippen LogP contribution in [0, 0.1) is 6.92 Å². The Morgan fingerprint density at radius 3 is 2.52 bits per heavy atom. The molecule has 1 aliphatic heterocycles. The van der Waals surface area contributed by atoms with Gasteiger partial charge in [0.1, 0.15) is 6.54 Å². The average molecular weight is 289 g/mol. The van der Waals surface area contributed by atoms with Crippen LogP contribution in [-0.2, 0) is 4.79 Å². The fraction of sp³-hybridized carbons (Fsp3) is 0.400. The molecule has 1 aromatic carbocycles. The summed E-state index contributed by atoms with van der Waals surface area (Å²) in [6.07, 6.45) is 1.66. The van der Waals surface area contributed by atoms with E-state index in [9.17, 15) is 14.4 Å². The molecule has 0 atom stereocenters. The van der Waals surface area contributed by atoms with Gasteiger partial charge in [0.25, 0.3) is 11.8 Å². The summed E-state index contributed by atoms with van der Waals surface area (Å²) in [5, 5.41) is 1.07. The van der Waals surface area contributed by atoms with Gasteiger partial charge in [-0.05, 0) is 25.5 Å². The molecule has 1 aliphatic rings. The highest BCUT2D eigenvalue weighted by atomic mass is 16.2. The van der Waals surface area contributed by atoms with Crippen LogP contribution >= 0.6 is 0 Å². The van der Waals surface area contributed by atoms with Crippen molar-refractivity contribution >= 4 is 17.8 Å². The van der Waals surface area contributed by atoms with Gasteiger partial charge in [-0.1, -0.05) is 31.0 Å². The van der Waals surface area contributed by atoms with Crippen LogP contribution in [0.25, 0.3) is 0 Å². The first kappa shape index (κ1) is 15.0. The number of hydrazine groups is 1. The Bertz CT molecular complexity index is 554. The molecular formula is C15H19N3O3. The van der Waals surface area contributed by atoms with Crippen LogP contribution in [0.2, 0.25) is 0 Å². The van der Waals surface area contributed by atoms with Crippen molar-refractivity contribution in [2.45, 2.75) is 26.7 Å². The van der Waals surface area contributed by atoms with Crippen molar-refractivity contribution in [3.63, 3.8) is 0 Å². The maximum Gasteiger partial charge on any atom is 0.345 e. The van der Waals surface area contributed by atoms with Gasteiger partial charge in [-0.3, -0.25) is 19.9 Å². The van der Waals surface area contributed by atoms with E-state index >= 15 is 0 Å². The fourth-order valence-electron chi connectivity index (χ4n) is 2.06. The topological polar surface area (TPSA) is 69.7 Å². The number of imide groups is 1. The van der Waals surface area contributed by atoms with E-state index in [2.05, 4.69) is 5.43 Å². The number of carbonyl (C=O) groups is 3. The van der Waals surface area contributed by atoms with Crippen molar-refractivity contribution in [3.05, 3.63) is 35.4 Å². The third kappa shape index (κ3) is 3.39. The molecule has 1 fully saturated rings. The number of urea groups is 1. The molecule has 0 saturated carbocycles. The predicted molar refractivity (Wildman–Crippen MR) is 77.4 cm³/mol. The minimum atomic E-state index is -0.464. The van der Waals surface area contributed by atoms with Crippen LogP contribution in [0.3, 0.4) is 0 Å². The quantitative estimate of drug-likeness (QED) is 0.839. The smallest absolute Gasteiger partial charge is 0.272 e. The van der Waals surface area contributed by atoms with E-state index in [0.29, 0.717) is 12.1 Å². The number of benzene rings is 1. The number of unbranched alkanes of at least 4 members (excludes halogenated alkanes) is 1. The van der Waals surface area contributed by atoms with Crippen molar-refractivity contribution < 1.29 is 14.4 Å². The van der Waals surface area contributed by atoms with E-state index in [1.54, 1.807) is 12.1 Å². The van der Waals surface area contributed by atoms with Crippen LogP contribution in [0.1, 0.15) is 35.7 Å². The molecular weight excluding hydrogens is 270 g/mol. The highest BCUT2D eigenvalue weighted by molar-refractivity contribution is 6.04. The molecule has 0 unspecified atom stereocenters. The number of aryl methyl sites for hydroxylation is 1. The van der Waals surface area contributed by atoms with Gasteiger partial charge in [0, 0.05) is 12.1 Å². The lowest BCUT2D eigenvalue weighted by Crippen LogP contribution is -2.45. The molecule has 1 N–H and O–H groups in total. The van der Waals surface area contributed by atoms with E-state index in [1.165, 1.54) is 4.90 Å². The van der Waals surface area contributed by atoms with Gasteiger partial charge >= 0.3 is 6.03 Å². The molecule has 0 aromatic heterocycles. The minimum absolute atomic E-state index is 0.111. The molecule has 0 bridgehead atoms. The van der Waals surface area contributed by atoms with Gasteiger partial charge in [0.05, 0.1) is 0 Å². The standard InChI is InChI=1S/C15H19N3O3/c1-3-4-9-17-13(19)10-18(15(17)21)16-14(20)12-7-5-11(2)6-8-12/h5-8H,3-4,9-10H2,1-2H3,(H,16,20). The van der Waals surface area contributed by atoms with E-state index in [4.69, 9.17) is 0 Å². The number of carbonyl (C=O) groups excluding carboxylic acids is 3. The average Bonchev–Trinajstić information content (AvgIpc) is 2.72. The van der Waals surface area contributed by atoms with E-state index in [0.717, 1.165) is 23.4 Å². The Balaban J connectivity index is 2.00. The first-order valence-corrected chi connectivity index (χ1v) is 7.02. The minimum Gasteiger partial charge on any atom is -0.272 e. The van der Waals surface area contributed by atoms with Crippen molar-refractivity contribution in [3.8, 4) is 0 Å². The van der Waals surface area contributed by atoms with E-state index in [-0.39, 0.29) is 12.5 Å². The zero-order valence-corrected chi connectivity index (χ0v) is 12.3. The van der Waals surface area contributed by atoms with Crippen LogP contribution in [0.4, 0.5) is 4.79 Å². The molecule has 112 valence electrons. The maximum absolute atomic E-state index is 12.1. The largest absolute Gasteiger partial charge is 0.345 e. The second-order valence-electron chi connectivity index (χ2n) is 5.07. The van der Waals surface area contributed by atoms with Gasteiger partial charge in [0.2, 0.25) is 0 Å². The lowest BCUT2D eigenvalue weighted by molar-refractivity contribution is -0.125. The maximum atomic E-state index is 12.1. The molecule has 0 aliphatic carbocycles. The zero-order valence-electron chi connectivity index (χ0n) is 12.3. The van der Waals surface area contributed by atoms with Crippen molar-refractivity contribution in [2.24, 2.45) is 0 Å². The van der Waals surface area contributed by atoms with Crippen molar-refractivity contribution in [1.29, 1.82) is 0 Å². The molecule has 1 aromatic rings. The molecule has 6 nitrogen and oxygen atoms in total. The first-order valence-electron chi connectivity index (χ1n) is 7.02. The normalized spacial score (nSPS) is 14.8. The van der Waals surface area contributed by atoms with Crippen molar-refractivity contribution in [2.75, 3.05) is 13.1 Å². The first-order chi connectivity index (χ1) is 10.0. The van der Waals surface area contributed by atoms with Gasteiger partial charge in [-0.25, -0.2) is 9.80 Å². The number of nitrogens with zero attached hydrogens (tertiary/aromatic N) is 2. The number of rotatable bonds is 5. The molecule has 1 saturated heterocycles. The van der Waals surface area contributed by atoms with E-state index < -0.39 is 11.9 Å². The fourth-order valence-corrected chi connectivity index (χ4v) is 2.06. The molecule has 1 heterocycles. The van der Waals surface area contributed by atoms with Crippen LogP contribution in [0.15, 0.2) is 24.3 Å². The third-order valence-electron chi connectivity index (χ3n) is 3.34. The lowest BCUT2D eigenvalue weighted by atomic mass is 10.1. The second kappa shape index (κ2) is 6.39. The Morgan fingerprint density at radius 2 is 1.90 bits per heavy atom. The lowest BCUT2D eigenvalue weighted by Gasteiger charge is -2.17. The molecule has 6 heteroatoms. The Labute approximate surface area is 123 Å². The van der Waals surface area contributed by atoms with Crippen LogP contribution < -0.4 is 5.43 Å². The highest BCUT2D eigenvalue weighted by Gasteiger charge is 2.36. The molecule has 4 amide bonds. The molecule has 21 heavy (non-hydrogen) atoms. The van der Waals surface area contributed by atoms with Crippen molar-refractivity contribution in [1.82, 2.24) is 15.3 Å². The molecule has 0 spiro atoms. The highest BCUT2D eigenvalue weighted by Crippen LogP contribution is 2.10. The summed E-state index contributed by atoms with van der Waals surface area (Å²) in [7, 11) is 0. The number of nitrogens with one attached hydrogen (secondary N) is 1. The summed E-state index contributed by atoms with van der Waals surface area (Å²) in [4.78, 5) is 37.1. The van der Waals surface area contributed by atoms with Crippen LogP contribution in [0.5, 0.6) is 0 Å². The third-order valence-corrected chi connectivity index (χ3v) is 3.34. The van der Waals surface area contributed by atoms with Crippen LogP contribution in [-0.4, -0.2) is 40.8 Å². The number of hydrogen-bond donors (Lipinski definition) is 1. The Hall–Kier alpha value is -2.37. The van der Waals surface area contributed by atoms with Gasteiger partial charge in [-0.2, -0.15) is 0 Å². The van der Waals surface area contributed by atoms with Gasteiger partial charge in [0.15, 0.2) is 0 Å². The Kier molecular flexibility index (Phi) is 4.57. The Morgan fingerprint density at radius 1 is 1.24 bits per heavy atom. The van der Waals surface area contributed by atoms with Gasteiger partial charge < -0.3 is 0 Å². The summed E-state index contributed by atoms with van der Waals surface area (Å²) >= 11 is 0. The molecule has 2 rings (SSSR count). The molecule has 0 radical (unpaired) electrons. The monoisotopic (exact) mass is 289 g/mol. The predicted octanol–water partition coefficient (Wildman–Crippen LogP) is 1.70. The summed E-state index contributed by atoms with van der Waals surface area (Å²) in [5.41, 5.74) is 3.98. The second-order valence-corrected chi connectivity index (χ2v) is 5.07. The summed E-state index contributed by atoms with van der Waals surface area (Å²) < 4.78 is 0. The summed E-state index contributed by atoms with van der Waals surface area (Å²) in [6.45, 7) is 4.20. The number of hydrogen-bond acceptors (Lipinski definition) is 3. The zero-order chi connectivity index (χ0) is 15.4. The SMILES string of the molecule is CCCCN1C(=O)CN(NC(=O)c2ccc(C)cc2)C1=O. The number of amides is 4. The summed E-state index contributed by atoms with van der Waals surface area (Å²) in [5.74, 6) is -0.675. The van der Waals surface area contributed by atoms with E-state index in [1.807, 2.05) is 26.0 Å².